The van der Waals surface area contributed by atoms with Crippen molar-refractivity contribution in [2.45, 2.75) is 19.3 Å². The summed E-state index contributed by atoms with van der Waals surface area (Å²) >= 11 is 0. The molecule has 1 heterocycles. The van der Waals surface area contributed by atoms with Gasteiger partial charge >= 0.3 is 0 Å². The van der Waals surface area contributed by atoms with Crippen molar-refractivity contribution in [3.05, 3.63) is 29.3 Å². The minimum atomic E-state index is -1.16. The van der Waals surface area contributed by atoms with E-state index in [2.05, 4.69) is 5.32 Å². The molecule has 2 amide bonds. The maximum Gasteiger partial charge on any atom is 0.253 e. The van der Waals surface area contributed by atoms with Crippen LogP contribution in [0.4, 0.5) is 14.5 Å². The van der Waals surface area contributed by atoms with Gasteiger partial charge < -0.3 is 16.0 Å². The number of carbonyl (C=O) groups excluding carboxylic acids is 2. The minimum Gasteiger partial charge on any atom is -0.398 e. The van der Waals surface area contributed by atoms with Crippen LogP contribution in [0.2, 0.25) is 0 Å². The summed E-state index contributed by atoms with van der Waals surface area (Å²) in [7, 11) is 0. The highest BCUT2D eigenvalue weighted by atomic mass is 19.2. The Hall–Kier alpha value is -2.18. The van der Waals surface area contributed by atoms with Gasteiger partial charge in [0.25, 0.3) is 5.91 Å². The standard InChI is InChI=1S/C14H17F2N3O2/c15-10-6-9(12(17)7-11(10)16)14(21)18-8-13(20)19-4-2-1-3-5-19/h6-7H,1-5,8,17H2,(H,18,21). The van der Waals surface area contributed by atoms with Gasteiger partial charge in [0, 0.05) is 24.8 Å². The second kappa shape index (κ2) is 6.51. The third-order valence-electron chi connectivity index (χ3n) is 3.45. The zero-order valence-electron chi connectivity index (χ0n) is 11.5. The van der Waals surface area contributed by atoms with Gasteiger partial charge in [-0.15, -0.1) is 0 Å². The van der Waals surface area contributed by atoms with E-state index in [9.17, 15) is 18.4 Å². The molecular formula is C14H17F2N3O2. The van der Waals surface area contributed by atoms with Crippen LogP contribution in [-0.2, 0) is 4.79 Å². The number of rotatable bonds is 3. The number of halogens is 2. The molecule has 0 saturated carbocycles. The Morgan fingerprint density at radius 2 is 1.76 bits per heavy atom. The second-order valence-corrected chi connectivity index (χ2v) is 4.98. The molecule has 1 aliphatic rings. The van der Waals surface area contributed by atoms with Gasteiger partial charge in [0.1, 0.15) is 0 Å². The van der Waals surface area contributed by atoms with Crippen LogP contribution < -0.4 is 11.1 Å². The second-order valence-electron chi connectivity index (χ2n) is 4.98. The van der Waals surface area contributed by atoms with Crippen LogP contribution in [-0.4, -0.2) is 36.3 Å². The summed E-state index contributed by atoms with van der Waals surface area (Å²) in [6.45, 7) is 1.18. The average Bonchev–Trinajstić information content (AvgIpc) is 2.49. The van der Waals surface area contributed by atoms with Crippen LogP contribution in [0.25, 0.3) is 0 Å². The number of nitrogen functional groups attached to an aromatic ring is 1. The maximum absolute atomic E-state index is 13.1. The molecule has 1 aliphatic heterocycles. The summed E-state index contributed by atoms with van der Waals surface area (Å²) in [5.74, 6) is -3.16. The van der Waals surface area contributed by atoms with Crippen molar-refractivity contribution in [3.8, 4) is 0 Å². The fourth-order valence-corrected chi connectivity index (χ4v) is 2.27. The summed E-state index contributed by atoms with van der Waals surface area (Å²) in [6.07, 6.45) is 3.01. The molecule has 5 nitrogen and oxygen atoms in total. The van der Waals surface area contributed by atoms with E-state index in [-0.39, 0.29) is 23.7 Å². The monoisotopic (exact) mass is 297 g/mol. The number of nitrogens with two attached hydrogens (primary N) is 1. The zero-order valence-corrected chi connectivity index (χ0v) is 11.5. The van der Waals surface area contributed by atoms with Crippen molar-refractivity contribution < 1.29 is 18.4 Å². The minimum absolute atomic E-state index is 0.170. The lowest BCUT2D eigenvalue weighted by Gasteiger charge is -2.26. The number of amides is 2. The quantitative estimate of drug-likeness (QED) is 0.826. The SMILES string of the molecule is Nc1cc(F)c(F)cc1C(=O)NCC(=O)N1CCCCC1. The number of hydrogen-bond donors (Lipinski definition) is 2. The van der Waals surface area contributed by atoms with Crippen LogP contribution >= 0.6 is 0 Å². The van der Waals surface area contributed by atoms with E-state index in [4.69, 9.17) is 5.73 Å². The molecule has 0 aliphatic carbocycles. The predicted octanol–water partition coefficient (Wildman–Crippen LogP) is 1.29. The molecule has 1 aromatic rings. The van der Waals surface area contributed by atoms with E-state index in [1.807, 2.05) is 0 Å². The molecule has 0 aromatic heterocycles. The van der Waals surface area contributed by atoms with Crippen LogP contribution in [0.15, 0.2) is 12.1 Å². The van der Waals surface area contributed by atoms with Gasteiger partial charge in [0.2, 0.25) is 5.91 Å². The van der Waals surface area contributed by atoms with Crippen LogP contribution in [0.1, 0.15) is 29.6 Å². The van der Waals surface area contributed by atoms with Gasteiger partial charge in [-0.05, 0) is 25.3 Å². The van der Waals surface area contributed by atoms with Crippen molar-refractivity contribution in [3.63, 3.8) is 0 Å². The molecule has 0 spiro atoms. The van der Waals surface area contributed by atoms with Crippen LogP contribution in [0, 0.1) is 11.6 Å². The molecule has 1 aromatic carbocycles. The molecule has 3 N–H and O–H groups in total. The van der Waals surface area contributed by atoms with E-state index in [0.717, 1.165) is 31.4 Å². The lowest BCUT2D eigenvalue weighted by Crippen LogP contribution is -2.42. The Bertz CT molecular complexity index is 557. The number of carbonyl (C=O) groups is 2. The first-order valence-corrected chi connectivity index (χ1v) is 6.79. The van der Waals surface area contributed by atoms with Crippen molar-refractivity contribution in [2.75, 3.05) is 25.4 Å². The van der Waals surface area contributed by atoms with Gasteiger partial charge in [-0.25, -0.2) is 8.78 Å². The highest BCUT2D eigenvalue weighted by molar-refractivity contribution is 6.00. The molecule has 21 heavy (non-hydrogen) atoms. The molecule has 1 fully saturated rings. The summed E-state index contributed by atoms with van der Waals surface area (Å²) < 4.78 is 26.1. The lowest BCUT2D eigenvalue weighted by atomic mass is 10.1. The molecule has 114 valence electrons. The number of anilines is 1. The third kappa shape index (κ3) is 3.68. The molecule has 0 bridgehead atoms. The summed E-state index contributed by atoms with van der Waals surface area (Å²) in [4.78, 5) is 25.4. The molecule has 2 rings (SSSR count). The Balaban J connectivity index is 1.95. The maximum atomic E-state index is 13.1. The van der Waals surface area contributed by atoms with Gasteiger partial charge in [0.05, 0.1) is 12.1 Å². The predicted molar refractivity (Wildman–Crippen MR) is 73.5 cm³/mol. The average molecular weight is 297 g/mol. The fraction of sp³-hybridized carbons (Fsp3) is 0.429. The topological polar surface area (TPSA) is 75.4 Å². The van der Waals surface area contributed by atoms with Gasteiger partial charge in [-0.1, -0.05) is 0 Å². The number of hydrogen-bond acceptors (Lipinski definition) is 3. The van der Waals surface area contributed by atoms with Crippen molar-refractivity contribution in [2.24, 2.45) is 0 Å². The van der Waals surface area contributed by atoms with Crippen LogP contribution in [0.3, 0.4) is 0 Å². The Morgan fingerprint density at radius 3 is 2.43 bits per heavy atom. The first-order valence-electron chi connectivity index (χ1n) is 6.79. The molecule has 7 heteroatoms. The molecular weight excluding hydrogens is 280 g/mol. The highest BCUT2D eigenvalue weighted by Crippen LogP contribution is 2.17. The van der Waals surface area contributed by atoms with E-state index in [1.54, 1.807) is 4.90 Å². The molecule has 0 unspecified atom stereocenters. The smallest absolute Gasteiger partial charge is 0.253 e. The number of piperidine rings is 1. The van der Waals surface area contributed by atoms with Crippen LogP contribution in [0.5, 0.6) is 0 Å². The Labute approximate surface area is 121 Å². The summed E-state index contributed by atoms with van der Waals surface area (Å²) in [5, 5.41) is 2.38. The summed E-state index contributed by atoms with van der Waals surface area (Å²) in [6, 6.07) is 1.47. The normalized spacial score (nSPS) is 14.9. The first kappa shape index (κ1) is 15.2. The Morgan fingerprint density at radius 1 is 1.14 bits per heavy atom. The van der Waals surface area contributed by atoms with Crippen molar-refractivity contribution in [1.29, 1.82) is 0 Å². The molecule has 0 atom stereocenters. The number of likely N-dealkylation sites (tertiary alicyclic amines) is 1. The van der Waals surface area contributed by atoms with Crippen molar-refractivity contribution >= 4 is 17.5 Å². The zero-order chi connectivity index (χ0) is 15.4. The summed E-state index contributed by atoms with van der Waals surface area (Å²) in [5.41, 5.74) is 5.13. The number of nitrogens with one attached hydrogen (secondary N) is 1. The fourth-order valence-electron chi connectivity index (χ4n) is 2.27. The molecule has 1 saturated heterocycles. The number of nitrogens with zero attached hydrogens (tertiary/aromatic N) is 1. The third-order valence-corrected chi connectivity index (χ3v) is 3.45. The van der Waals surface area contributed by atoms with Gasteiger partial charge in [0.15, 0.2) is 11.6 Å². The molecule has 0 radical (unpaired) electrons. The highest BCUT2D eigenvalue weighted by Gasteiger charge is 2.19. The largest absolute Gasteiger partial charge is 0.398 e. The van der Waals surface area contributed by atoms with E-state index >= 15 is 0 Å². The van der Waals surface area contributed by atoms with E-state index < -0.39 is 17.5 Å². The van der Waals surface area contributed by atoms with Crippen molar-refractivity contribution in [1.82, 2.24) is 10.2 Å². The number of benzene rings is 1. The van der Waals surface area contributed by atoms with E-state index in [1.165, 1.54) is 0 Å². The van der Waals surface area contributed by atoms with E-state index in [0.29, 0.717) is 13.1 Å². The Kier molecular flexibility index (Phi) is 4.72. The first-order chi connectivity index (χ1) is 9.99. The lowest BCUT2D eigenvalue weighted by molar-refractivity contribution is -0.130. The van der Waals surface area contributed by atoms with Gasteiger partial charge in [-0.2, -0.15) is 0 Å². The van der Waals surface area contributed by atoms with Gasteiger partial charge in [-0.3, -0.25) is 9.59 Å².